The zero-order valence-corrected chi connectivity index (χ0v) is 10.8. The second kappa shape index (κ2) is 4.98. The maximum Gasteiger partial charge on any atom is 0.290 e. The van der Waals surface area contributed by atoms with Crippen LogP contribution < -0.4 is 11.3 Å². The largest absolute Gasteiger partial charge is 0.393 e. The smallest absolute Gasteiger partial charge is 0.290 e. The van der Waals surface area contributed by atoms with Crippen LogP contribution in [-0.4, -0.2) is 9.78 Å². The van der Waals surface area contributed by atoms with Gasteiger partial charge in [-0.1, -0.05) is 33.1 Å². The van der Waals surface area contributed by atoms with E-state index in [-0.39, 0.29) is 5.56 Å². The molecule has 1 heterocycles. The summed E-state index contributed by atoms with van der Waals surface area (Å²) in [6.45, 7) is 4.27. The predicted octanol–water partition coefficient (Wildman–Crippen LogP) is 2.46. The lowest BCUT2D eigenvalue weighted by molar-refractivity contribution is 0.321. The Labute approximate surface area is 102 Å². The Bertz CT molecular complexity index is 424. The van der Waals surface area contributed by atoms with Crippen LogP contribution in [0.3, 0.4) is 0 Å². The first kappa shape index (κ1) is 12.3. The molecule has 0 amide bonds. The van der Waals surface area contributed by atoms with Gasteiger partial charge in [0.1, 0.15) is 5.69 Å². The second-order valence-electron chi connectivity index (χ2n) is 5.57. The minimum atomic E-state index is -0.0208. The second-order valence-corrected chi connectivity index (χ2v) is 5.57. The summed E-state index contributed by atoms with van der Waals surface area (Å²) in [4.78, 5) is 12.1. The summed E-state index contributed by atoms with van der Waals surface area (Å²) in [5, 5.41) is 3.23. The van der Waals surface area contributed by atoms with E-state index in [9.17, 15) is 4.79 Å². The Morgan fingerprint density at radius 1 is 1.35 bits per heavy atom. The summed E-state index contributed by atoms with van der Waals surface area (Å²) in [5.41, 5.74) is 7.21. The Hall–Kier alpha value is -1.19. The first-order valence-electron chi connectivity index (χ1n) is 6.68. The molecule has 4 nitrogen and oxygen atoms in total. The summed E-state index contributed by atoms with van der Waals surface area (Å²) in [7, 11) is 0. The summed E-state index contributed by atoms with van der Waals surface area (Å²) in [6.07, 6.45) is 6.77. The predicted molar refractivity (Wildman–Crippen MR) is 70.1 cm³/mol. The van der Waals surface area contributed by atoms with Crippen LogP contribution in [0, 0.1) is 5.92 Å². The van der Waals surface area contributed by atoms with E-state index < -0.39 is 0 Å². The standard InChI is InChI=1S/C13H23N3O/c1-9(2)8-11-12(14)13(17)16(15-11)10-6-4-3-5-7-10/h9-10,15H,3-8,14H2,1-2H3. The maximum atomic E-state index is 12.1. The Morgan fingerprint density at radius 2 is 2.00 bits per heavy atom. The molecule has 0 bridgehead atoms. The molecule has 4 heteroatoms. The van der Waals surface area contributed by atoms with Crippen molar-refractivity contribution < 1.29 is 0 Å². The minimum Gasteiger partial charge on any atom is -0.393 e. The fourth-order valence-corrected chi connectivity index (χ4v) is 2.68. The molecule has 1 aliphatic carbocycles. The SMILES string of the molecule is CC(C)Cc1[nH]n(C2CCCCC2)c(=O)c1N. The van der Waals surface area contributed by atoms with Crippen molar-refractivity contribution in [1.82, 2.24) is 9.78 Å². The van der Waals surface area contributed by atoms with Crippen LogP contribution in [0.1, 0.15) is 57.7 Å². The minimum absolute atomic E-state index is 0.0208. The highest BCUT2D eigenvalue weighted by Gasteiger charge is 2.20. The average molecular weight is 237 g/mol. The summed E-state index contributed by atoms with van der Waals surface area (Å²) in [6, 6.07) is 0.333. The van der Waals surface area contributed by atoms with E-state index in [0.29, 0.717) is 17.6 Å². The number of H-pyrrole nitrogens is 1. The summed E-state index contributed by atoms with van der Waals surface area (Å²) in [5.74, 6) is 0.509. The number of anilines is 1. The van der Waals surface area contributed by atoms with Gasteiger partial charge in [-0.3, -0.25) is 9.89 Å². The Morgan fingerprint density at radius 3 is 2.59 bits per heavy atom. The fraction of sp³-hybridized carbons (Fsp3) is 0.769. The van der Waals surface area contributed by atoms with Gasteiger partial charge in [-0.2, -0.15) is 0 Å². The van der Waals surface area contributed by atoms with Gasteiger partial charge in [0.15, 0.2) is 0 Å². The van der Waals surface area contributed by atoms with Gasteiger partial charge in [0, 0.05) is 0 Å². The van der Waals surface area contributed by atoms with Crippen LogP contribution >= 0.6 is 0 Å². The molecule has 0 radical (unpaired) electrons. The number of nitrogens with one attached hydrogen (secondary N) is 1. The van der Waals surface area contributed by atoms with Crippen LogP contribution in [0.2, 0.25) is 0 Å². The van der Waals surface area contributed by atoms with E-state index in [1.54, 1.807) is 4.68 Å². The van der Waals surface area contributed by atoms with Gasteiger partial charge in [-0.25, -0.2) is 4.68 Å². The average Bonchev–Trinajstić information content (AvgIpc) is 2.58. The molecule has 3 N–H and O–H groups in total. The molecule has 0 unspecified atom stereocenters. The van der Waals surface area contributed by atoms with Gasteiger partial charge in [0.2, 0.25) is 0 Å². The molecular weight excluding hydrogens is 214 g/mol. The van der Waals surface area contributed by atoms with E-state index >= 15 is 0 Å². The molecule has 0 aromatic carbocycles. The number of nitrogens with zero attached hydrogens (tertiary/aromatic N) is 1. The number of hydrogen-bond donors (Lipinski definition) is 2. The van der Waals surface area contributed by atoms with Crippen LogP contribution in [0.5, 0.6) is 0 Å². The molecule has 2 rings (SSSR count). The van der Waals surface area contributed by atoms with Crippen molar-refractivity contribution in [2.75, 3.05) is 5.73 Å². The molecular formula is C13H23N3O. The monoisotopic (exact) mass is 237 g/mol. The van der Waals surface area contributed by atoms with Crippen LogP contribution in [0.15, 0.2) is 4.79 Å². The highest BCUT2D eigenvalue weighted by atomic mass is 16.1. The van der Waals surface area contributed by atoms with Crippen LogP contribution in [0.25, 0.3) is 0 Å². The number of nitrogens with two attached hydrogens (primary N) is 1. The van der Waals surface area contributed by atoms with E-state index in [1.807, 2.05) is 0 Å². The Kier molecular flexibility index (Phi) is 3.60. The molecule has 1 aromatic rings. The third-order valence-electron chi connectivity index (χ3n) is 3.58. The third-order valence-corrected chi connectivity index (χ3v) is 3.58. The molecule has 1 fully saturated rings. The van der Waals surface area contributed by atoms with Crippen LogP contribution in [0.4, 0.5) is 5.69 Å². The summed E-state index contributed by atoms with van der Waals surface area (Å²) < 4.78 is 1.77. The quantitative estimate of drug-likeness (QED) is 0.848. The van der Waals surface area contributed by atoms with Gasteiger partial charge in [0.05, 0.1) is 11.7 Å². The lowest BCUT2D eigenvalue weighted by Crippen LogP contribution is -2.25. The van der Waals surface area contributed by atoms with Gasteiger partial charge in [-0.05, 0) is 25.2 Å². The lowest BCUT2D eigenvalue weighted by Gasteiger charge is -2.21. The van der Waals surface area contributed by atoms with E-state index in [0.717, 1.165) is 25.0 Å². The zero-order chi connectivity index (χ0) is 12.4. The van der Waals surface area contributed by atoms with E-state index in [4.69, 9.17) is 5.73 Å². The molecule has 0 aliphatic heterocycles. The van der Waals surface area contributed by atoms with Crippen molar-refractivity contribution >= 4 is 5.69 Å². The van der Waals surface area contributed by atoms with E-state index in [2.05, 4.69) is 18.9 Å². The topological polar surface area (TPSA) is 63.8 Å². The molecule has 0 saturated heterocycles. The van der Waals surface area contributed by atoms with Crippen molar-refractivity contribution in [3.63, 3.8) is 0 Å². The number of aromatic nitrogens is 2. The highest BCUT2D eigenvalue weighted by Crippen LogP contribution is 2.27. The van der Waals surface area contributed by atoms with Gasteiger partial charge in [-0.15, -0.1) is 0 Å². The number of rotatable bonds is 3. The molecule has 96 valence electrons. The molecule has 17 heavy (non-hydrogen) atoms. The van der Waals surface area contributed by atoms with Crippen molar-refractivity contribution in [3.05, 3.63) is 16.0 Å². The molecule has 0 spiro atoms. The zero-order valence-electron chi connectivity index (χ0n) is 10.8. The van der Waals surface area contributed by atoms with Crippen LogP contribution in [-0.2, 0) is 6.42 Å². The number of hydrogen-bond acceptors (Lipinski definition) is 2. The van der Waals surface area contributed by atoms with Crippen molar-refractivity contribution in [1.29, 1.82) is 0 Å². The van der Waals surface area contributed by atoms with Gasteiger partial charge >= 0.3 is 0 Å². The molecule has 1 aliphatic rings. The Balaban J connectivity index is 2.25. The lowest BCUT2D eigenvalue weighted by atomic mass is 9.96. The first-order valence-corrected chi connectivity index (χ1v) is 6.68. The molecule has 1 aromatic heterocycles. The third kappa shape index (κ3) is 2.56. The normalized spacial score (nSPS) is 17.8. The van der Waals surface area contributed by atoms with Crippen molar-refractivity contribution in [2.45, 2.75) is 58.4 Å². The first-order chi connectivity index (χ1) is 8.09. The maximum absolute atomic E-state index is 12.1. The molecule has 0 atom stereocenters. The fourth-order valence-electron chi connectivity index (χ4n) is 2.68. The van der Waals surface area contributed by atoms with Crippen molar-refractivity contribution in [3.8, 4) is 0 Å². The van der Waals surface area contributed by atoms with Gasteiger partial charge < -0.3 is 5.73 Å². The van der Waals surface area contributed by atoms with E-state index in [1.165, 1.54) is 19.3 Å². The van der Waals surface area contributed by atoms with Crippen molar-refractivity contribution in [2.24, 2.45) is 5.92 Å². The number of aromatic amines is 1. The molecule has 1 saturated carbocycles. The number of nitrogen functional groups attached to an aromatic ring is 1. The van der Waals surface area contributed by atoms with Gasteiger partial charge in [0.25, 0.3) is 5.56 Å². The highest BCUT2D eigenvalue weighted by molar-refractivity contribution is 5.41. The summed E-state index contributed by atoms with van der Waals surface area (Å²) >= 11 is 0.